The number of hydrogen-bond acceptors (Lipinski definition) is 5. The summed E-state index contributed by atoms with van der Waals surface area (Å²) < 4.78 is 33.9. The third kappa shape index (κ3) is 3.78. The van der Waals surface area contributed by atoms with Gasteiger partial charge in [0.2, 0.25) is 0 Å². The smallest absolute Gasteiger partial charge is 0.354 e. The van der Waals surface area contributed by atoms with Gasteiger partial charge in [0.1, 0.15) is 21.9 Å². The van der Waals surface area contributed by atoms with E-state index in [1.165, 1.54) is 41.0 Å². The summed E-state index contributed by atoms with van der Waals surface area (Å²) in [5.41, 5.74) is -0.408. The lowest BCUT2D eigenvalue weighted by Crippen LogP contribution is -2.22. The lowest BCUT2D eigenvalue weighted by Gasteiger charge is -2.14. The van der Waals surface area contributed by atoms with Crippen LogP contribution in [0.5, 0.6) is 5.75 Å². The predicted molar refractivity (Wildman–Crippen MR) is 122 cm³/mol. The topological polar surface area (TPSA) is 72.4 Å². The molecule has 5 rings (SSSR count). The van der Waals surface area contributed by atoms with Gasteiger partial charge in [-0.1, -0.05) is 36.0 Å². The van der Waals surface area contributed by atoms with Crippen LogP contribution in [0.4, 0.5) is 8.78 Å². The average molecular weight is 463 g/mol. The summed E-state index contributed by atoms with van der Waals surface area (Å²) >= 11 is 0.870. The number of aromatic nitrogens is 1. The van der Waals surface area contributed by atoms with Crippen LogP contribution in [-0.2, 0) is 6.54 Å². The van der Waals surface area contributed by atoms with Gasteiger partial charge in [0.25, 0.3) is 5.56 Å². The van der Waals surface area contributed by atoms with E-state index in [9.17, 15) is 23.5 Å². The Labute approximate surface area is 189 Å². The van der Waals surface area contributed by atoms with E-state index in [-0.39, 0.29) is 22.4 Å². The number of para-hydroxylation sites is 1. The van der Waals surface area contributed by atoms with Crippen LogP contribution in [-0.4, -0.2) is 9.67 Å². The molecule has 0 fully saturated rings. The first kappa shape index (κ1) is 21.0. The summed E-state index contributed by atoms with van der Waals surface area (Å²) in [4.78, 5) is 26.5. The maximum atomic E-state index is 13.7. The number of nitrogens with zero attached hydrogens (tertiary/aromatic N) is 1. The van der Waals surface area contributed by atoms with Crippen LogP contribution in [0.25, 0.3) is 21.9 Å². The second kappa shape index (κ2) is 8.22. The minimum atomic E-state index is -0.818. The van der Waals surface area contributed by atoms with Crippen molar-refractivity contribution in [3.63, 3.8) is 0 Å². The van der Waals surface area contributed by atoms with Crippen molar-refractivity contribution in [3.8, 4) is 5.75 Å². The highest BCUT2D eigenvalue weighted by molar-refractivity contribution is 7.99. The number of hydrogen-bond donors (Lipinski definition) is 1. The number of benzene rings is 3. The van der Waals surface area contributed by atoms with Crippen molar-refractivity contribution in [1.29, 1.82) is 0 Å². The van der Waals surface area contributed by atoms with Crippen LogP contribution < -0.4 is 11.2 Å². The molecule has 0 radical (unpaired) electrons. The highest BCUT2D eigenvalue weighted by Gasteiger charge is 2.22. The molecule has 0 bridgehead atoms. The van der Waals surface area contributed by atoms with E-state index in [1.807, 2.05) is 0 Å². The van der Waals surface area contributed by atoms with E-state index < -0.39 is 28.6 Å². The summed E-state index contributed by atoms with van der Waals surface area (Å²) in [6.07, 6.45) is 0. The molecule has 0 saturated heterocycles. The fourth-order valence-electron chi connectivity index (χ4n) is 3.73. The van der Waals surface area contributed by atoms with E-state index in [4.69, 9.17) is 4.42 Å². The molecular formula is C25H15F2NO4S. The molecule has 1 N–H and O–H groups in total. The third-order valence-electron chi connectivity index (χ3n) is 5.22. The van der Waals surface area contributed by atoms with Gasteiger partial charge in [0.05, 0.1) is 12.1 Å². The molecule has 0 saturated carbocycles. The van der Waals surface area contributed by atoms with Crippen molar-refractivity contribution in [2.45, 2.75) is 16.3 Å². The molecule has 0 unspecified atom stereocenters. The molecule has 0 aliphatic rings. The number of halogens is 2. The summed E-state index contributed by atoms with van der Waals surface area (Å²) in [7, 11) is 0. The van der Waals surface area contributed by atoms with Crippen LogP contribution >= 0.6 is 11.8 Å². The molecule has 8 heteroatoms. The molecule has 5 nitrogen and oxygen atoms in total. The van der Waals surface area contributed by atoms with Gasteiger partial charge in [-0.3, -0.25) is 4.79 Å². The van der Waals surface area contributed by atoms with Crippen molar-refractivity contribution < 1.29 is 18.3 Å². The molecule has 33 heavy (non-hydrogen) atoms. The van der Waals surface area contributed by atoms with Crippen LogP contribution in [0.2, 0.25) is 0 Å². The molecule has 0 atom stereocenters. The van der Waals surface area contributed by atoms with E-state index in [2.05, 4.69) is 0 Å². The minimum Gasteiger partial charge on any atom is -0.505 e. The fraction of sp³-hybridized carbons (Fsp3) is 0.0400. The quantitative estimate of drug-likeness (QED) is 0.367. The molecule has 2 heterocycles. The Hall–Kier alpha value is -3.91. The minimum absolute atomic E-state index is 0.0305. The van der Waals surface area contributed by atoms with Gasteiger partial charge in [-0.2, -0.15) is 0 Å². The molecule has 0 aliphatic carbocycles. The van der Waals surface area contributed by atoms with Gasteiger partial charge in [-0.15, -0.1) is 0 Å². The van der Waals surface area contributed by atoms with Crippen molar-refractivity contribution >= 4 is 33.6 Å². The first-order valence-electron chi connectivity index (χ1n) is 9.91. The second-order valence-electron chi connectivity index (χ2n) is 7.37. The Morgan fingerprint density at radius 1 is 0.909 bits per heavy atom. The Bertz CT molecular complexity index is 1640. The molecule has 2 aromatic heterocycles. The molecule has 0 amide bonds. The zero-order valence-electron chi connectivity index (χ0n) is 16.9. The molecule has 0 aliphatic heterocycles. The molecule has 164 valence electrons. The Morgan fingerprint density at radius 2 is 1.67 bits per heavy atom. The number of rotatable bonds is 4. The maximum absolute atomic E-state index is 13.7. The zero-order chi connectivity index (χ0) is 23.1. The van der Waals surface area contributed by atoms with Crippen LogP contribution in [0, 0.1) is 11.6 Å². The lowest BCUT2D eigenvalue weighted by molar-refractivity contribution is 0.446. The van der Waals surface area contributed by atoms with Gasteiger partial charge in [-0.05, 0) is 54.1 Å². The van der Waals surface area contributed by atoms with Crippen LogP contribution in [0.3, 0.4) is 0 Å². The van der Waals surface area contributed by atoms with Crippen molar-refractivity contribution in [1.82, 2.24) is 4.57 Å². The van der Waals surface area contributed by atoms with Gasteiger partial charge >= 0.3 is 5.63 Å². The van der Waals surface area contributed by atoms with Gasteiger partial charge in [0.15, 0.2) is 11.3 Å². The summed E-state index contributed by atoms with van der Waals surface area (Å²) in [5, 5.41) is 11.3. The SMILES string of the molecule is O=c1oc2c(c(O)c1Sc1ccc(F)cc1)c(=O)n(Cc1cccc(F)c1)c1ccccc21. The highest BCUT2D eigenvalue weighted by Crippen LogP contribution is 2.37. The Morgan fingerprint density at radius 3 is 2.42 bits per heavy atom. The predicted octanol–water partition coefficient (Wildman–Crippen LogP) is 5.29. The zero-order valence-corrected chi connectivity index (χ0v) is 17.7. The summed E-state index contributed by atoms with van der Waals surface area (Å²) in [6, 6.07) is 18.0. The van der Waals surface area contributed by atoms with Crippen molar-refractivity contribution in [3.05, 3.63) is 111 Å². The third-order valence-corrected chi connectivity index (χ3v) is 6.29. The van der Waals surface area contributed by atoms with Gasteiger partial charge in [-0.25, -0.2) is 13.6 Å². The average Bonchev–Trinajstić information content (AvgIpc) is 2.80. The number of pyridine rings is 1. The van der Waals surface area contributed by atoms with E-state index in [0.717, 1.165) is 11.8 Å². The first-order chi connectivity index (χ1) is 15.9. The van der Waals surface area contributed by atoms with Gasteiger partial charge in [0, 0.05) is 10.3 Å². The molecule has 3 aromatic carbocycles. The number of aromatic hydroxyl groups is 1. The summed E-state index contributed by atoms with van der Waals surface area (Å²) in [5.74, 6) is -1.39. The highest BCUT2D eigenvalue weighted by atomic mass is 32.2. The molecular weight excluding hydrogens is 448 g/mol. The fourth-order valence-corrected chi connectivity index (χ4v) is 4.56. The number of fused-ring (bicyclic) bond motifs is 3. The molecule has 0 spiro atoms. The first-order valence-corrected chi connectivity index (χ1v) is 10.7. The largest absolute Gasteiger partial charge is 0.505 e. The Kier molecular flexibility index (Phi) is 5.22. The second-order valence-corrected chi connectivity index (χ2v) is 8.45. The summed E-state index contributed by atoms with van der Waals surface area (Å²) in [6.45, 7) is 0.0477. The maximum Gasteiger partial charge on any atom is 0.354 e. The molecule has 5 aromatic rings. The lowest BCUT2D eigenvalue weighted by atomic mass is 10.1. The van der Waals surface area contributed by atoms with E-state index >= 15 is 0 Å². The normalized spacial score (nSPS) is 11.3. The van der Waals surface area contributed by atoms with E-state index in [0.29, 0.717) is 21.4 Å². The standard InChI is InChI=1S/C25H15F2NO4S/c26-15-8-10-17(11-9-15)33-23-21(29)20-22(32-25(23)31)18-6-1-2-7-19(18)28(24(20)30)13-14-4-3-5-16(27)12-14/h1-12,29H,13H2. The van der Waals surface area contributed by atoms with E-state index in [1.54, 1.807) is 36.4 Å². The van der Waals surface area contributed by atoms with Gasteiger partial charge < -0.3 is 14.1 Å². The van der Waals surface area contributed by atoms with Crippen molar-refractivity contribution in [2.75, 3.05) is 0 Å². The Balaban J connectivity index is 1.77. The van der Waals surface area contributed by atoms with Crippen LogP contribution in [0.1, 0.15) is 5.56 Å². The van der Waals surface area contributed by atoms with Crippen LogP contribution in [0.15, 0.2) is 96.6 Å². The van der Waals surface area contributed by atoms with Crippen molar-refractivity contribution in [2.24, 2.45) is 0 Å². The monoisotopic (exact) mass is 463 g/mol.